The number of aliphatic hydroxyl groups is 7. The molecule has 0 aromatic heterocycles. The third-order valence-corrected chi connectivity index (χ3v) is 12.9. The molecule has 4 aliphatic carbocycles. The topological polar surface area (TPSA) is 216 Å². The summed E-state index contributed by atoms with van der Waals surface area (Å²) in [6.07, 6.45) is -8.44. The van der Waals surface area contributed by atoms with E-state index in [0.29, 0.717) is 25.7 Å². The zero-order valence-corrected chi connectivity index (χ0v) is 26.0. The second-order valence-corrected chi connectivity index (χ2v) is 15.2. The third-order valence-electron chi connectivity index (χ3n) is 12.9. The van der Waals surface area contributed by atoms with Gasteiger partial charge in [0.1, 0.15) is 48.8 Å². The lowest BCUT2D eigenvalue weighted by Gasteiger charge is -2.64. The van der Waals surface area contributed by atoms with Crippen molar-refractivity contribution >= 4 is 5.97 Å². The average Bonchev–Trinajstić information content (AvgIpc) is 3.19. The molecule has 45 heavy (non-hydrogen) atoms. The summed E-state index contributed by atoms with van der Waals surface area (Å²) in [6, 6.07) is 0. The van der Waals surface area contributed by atoms with Crippen LogP contribution in [0.4, 0.5) is 0 Å². The normalized spacial score (nSPS) is 54.7. The van der Waals surface area contributed by atoms with Crippen LogP contribution in [-0.2, 0) is 23.7 Å². The summed E-state index contributed by atoms with van der Waals surface area (Å²) in [6.45, 7) is 7.33. The Hall–Kier alpha value is -1.23. The van der Waals surface area contributed by atoms with Crippen molar-refractivity contribution in [1.29, 1.82) is 0 Å². The molecular weight excluding hydrogens is 592 g/mol. The van der Waals surface area contributed by atoms with E-state index in [1.165, 1.54) is 0 Å². The van der Waals surface area contributed by atoms with E-state index in [1.807, 2.05) is 6.92 Å². The summed E-state index contributed by atoms with van der Waals surface area (Å²) in [4.78, 5) is 12.5. The van der Waals surface area contributed by atoms with Gasteiger partial charge < -0.3 is 59.8 Å². The van der Waals surface area contributed by atoms with E-state index in [9.17, 15) is 45.6 Å². The van der Waals surface area contributed by atoms with Crippen molar-refractivity contribution in [2.75, 3.05) is 13.2 Å². The van der Waals surface area contributed by atoms with Gasteiger partial charge >= 0.3 is 5.97 Å². The Kier molecular flexibility index (Phi) is 8.77. The fourth-order valence-corrected chi connectivity index (χ4v) is 10.6. The molecule has 13 nitrogen and oxygen atoms in total. The van der Waals surface area contributed by atoms with Crippen molar-refractivity contribution < 1.29 is 64.6 Å². The van der Waals surface area contributed by atoms with E-state index in [4.69, 9.17) is 18.9 Å². The fourth-order valence-electron chi connectivity index (χ4n) is 10.6. The lowest BCUT2D eigenvalue weighted by atomic mass is 9.41. The number of carboxylic acid groups (broad SMARTS) is 1. The van der Waals surface area contributed by atoms with Crippen LogP contribution in [-0.4, -0.2) is 127 Å². The van der Waals surface area contributed by atoms with Gasteiger partial charge in [0.05, 0.1) is 24.2 Å². The number of carboxylic acids is 1. The van der Waals surface area contributed by atoms with Crippen LogP contribution in [0.2, 0.25) is 0 Å². The molecule has 0 amide bonds. The number of ether oxygens (including phenoxy) is 4. The van der Waals surface area contributed by atoms with Crippen LogP contribution in [0.15, 0.2) is 12.2 Å². The Bertz CT molecular complexity index is 1150. The highest BCUT2D eigenvalue weighted by atomic mass is 16.8. The predicted molar refractivity (Wildman–Crippen MR) is 154 cm³/mol. The lowest BCUT2D eigenvalue weighted by Crippen LogP contribution is -2.65. The molecule has 13 heteroatoms. The van der Waals surface area contributed by atoms with Crippen molar-refractivity contribution in [2.24, 2.45) is 28.1 Å². The number of hydrogen-bond donors (Lipinski definition) is 8. The maximum Gasteiger partial charge on any atom is 0.309 e. The minimum atomic E-state index is -1.76. The van der Waals surface area contributed by atoms with E-state index in [1.54, 1.807) is 0 Å². The minimum Gasteiger partial charge on any atom is -0.481 e. The van der Waals surface area contributed by atoms with E-state index < -0.39 is 91.6 Å². The number of aliphatic carboxylic acids is 1. The van der Waals surface area contributed by atoms with Gasteiger partial charge in [-0.15, -0.1) is 0 Å². The second-order valence-electron chi connectivity index (χ2n) is 15.2. The first-order valence-corrected chi connectivity index (χ1v) is 16.3. The van der Waals surface area contributed by atoms with Crippen molar-refractivity contribution in [3.8, 4) is 0 Å². The minimum absolute atomic E-state index is 0.0640. The SMILES string of the molecule is C=C1C[C@@]23CC[C@H]4[C@@](C)(CCC[C@@]4(C)C(=O)O)[C@@H]2CC[C@]1(OC1OC(CO)C(O)C(O)C1OC1OC(CO)C(O)C(O)C1O)C3. The number of carbonyl (C=O) groups is 1. The van der Waals surface area contributed by atoms with Crippen molar-refractivity contribution in [3.63, 3.8) is 0 Å². The van der Waals surface area contributed by atoms with Crippen LogP contribution in [0, 0.1) is 28.1 Å². The molecule has 8 N–H and O–H groups in total. The highest BCUT2D eigenvalue weighted by Crippen LogP contribution is 2.73. The number of aliphatic hydroxyl groups excluding tert-OH is 7. The summed E-state index contributed by atoms with van der Waals surface area (Å²) in [7, 11) is 0. The molecule has 6 rings (SSSR count). The molecule has 0 aromatic rings. The molecule has 2 saturated heterocycles. The highest BCUT2D eigenvalue weighted by molar-refractivity contribution is 5.75. The fraction of sp³-hybridized carbons (Fsp3) is 0.906. The smallest absolute Gasteiger partial charge is 0.309 e. The molecule has 1 spiro atoms. The molecule has 6 fully saturated rings. The number of fused-ring (bicyclic) bond motifs is 3. The van der Waals surface area contributed by atoms with Crippen LogP contribution >= 0.6 is 0 Å². The van der Waals surface area contributed by atoms with Crippen LogP contribution in [0.5, 0.6) is 0 Å². The van der Waals surface area contributed by atoms with Crippen LogP contribution in [0.25, 0.3) is 0 Å². The molecule has 6 aliphatic rings. The second kappa shape index (κ2) is 11.7. The summed E-state index contributed by atoms with van der Waals surface area (Å²) in [5.41, 5.74) is -1.10. The van der Waals surface area contributed by atoms with E-state index in [0.717, 1.165) is 37.7 Å². The first-order chi connectivity index (χ1) is 21.2. The Labute approximate surface area is 262 Å². The van der Waals surface area contributed by atoms with Crippen LogP contribution < -0.4 is 0 Å². The first-order valence-electron chi connectivity index (χ1n) is 16.3. The molecule has 16 atom stereocenters. The van der Waals surface area contributed by atoms with E-state index >= 15 is 0 Å². The van der Waals surface area contributed by atoms with Gasteiger partial charge in [-0.3, -0.25) is 4.79 Å². The van der Waals surface area contributed by atoms with E-state index in [-0.39, 0.29) is 22.7 Å². The maximum atomic E-state index is 12.5. The lowest BCUT2D eigenvalue weighted by molar-refractivity contribution is -0.378. The molecule has 4 saturated carbocycles. The molecule has 2 heterocycles. The first kappa shape index (κ1) is 33.7. The van der Waals surface area contributed by atoms with Gasteiger partial charge in [0.2, 0.25) is 0 Å². The van der Waals surface area contributed by atoms with Gasteiger partial charge in [0, 0.05) is 0 Å². The quantitative estimate of drug-likeness (QED) is 0.134. The summed E-state index contributed by atoms with van der Waals surface area (Å²) in [5, 5.41) is 82.8. The molecule has 2 bridgehead atoms. The van der Waals surface area contributed by atoms with Gasteiger partial charge in [0.25, 0.3) is 0 Å². The molecule has 256 valence electrons. The summed E-state index contributed by atoms with van der Waals surface area (Å²) in [5.74, 6) is -0.392. The Morgan fingerprint density at radius 3 is 2.11 bits per heavy atom. The van der Waals surface area contributed by atoms with Gasteiger partial charge in [-0.2, -0.15) is 0 Å². The molecule has 0 aromatic carbocycles. The molecule has 0 radical (unpaired) electrons. The zero-order valence-electron chi connectivity index (χ0n) is 26.0. The molecular formula is C32H50O13. The van der Waals surface area contributed by atoms with Gasteiger partial charge in [-0.1, -0.05) is 19.9 Å². The Morgan fingerprint density at radius 1 is 0.844 bits per heavy atom. The van der Waals surface area contributed by atoms with Crippen molar-refractivity contribution in [1.82, 2.24) is 0 Å². The highest BCUT2D eigenvalue weighted by Gasteiger charge is 2.69. The zero-order chi connectivity index (χ0) is 32.7. The van der Waals surface area contributed by atoms with E-state index in [2.05, 4.69) is 13.5 Å². The Balaban J connectivity index is 1.26. The van der Waals surface area contributed by atoms with Crippen molar-refractivity contribution in [3.05, 3.63) is 12.2 Å². The molecule has 2 aliphatic heterocycles. The Morgan fingerprint density at radius 2 is 1.47 bits per heavy atom. The summed E-state index contributed by atoms with van der Waals surface area (Å²) < 4.78 is 24.1. The third kappa shape index (κ3) is 5.04. The van der Waals surface area contributed by atoms with Gasteiger partial charge in [-0.25, -0.2) is 0 Å². The number of rotatable bonds is 7. The van der Waals surface area contributed by atoms with Gasteiger partial charge in [-0.05, 0) is 86.5 Å². The monoisotopic (exact) mass is 642 g/mol. The maximum absolute atomic E-state index is 12.5. The molecule has 10 unspecified atom stereocenters. The largest absolute Gasteiger partial charge is 0.481 e. The van der Waals surface area contributed by atoms with Crippen molar-refractivity contribution in [2.45, 2.75) is 139 Å². The number of hydrogen-bond acceptors (Lipinski definition) is 12. The van der Waals surface area contributed by atoms with Crippen LogP contribution in [0.3, 0.4) is 0 Å². The predicted octanol–water partition coefficient (Wildman–Crippen LogP) is -0.197. The standard InChI is InChI=1S/C32H50O13/c1-15-11-31-9-5-18-29(2,7-4-8-30(18,3)28(40)41)19(31)6-10-32(15,14-31)45-27-25(23(38)21(36)17(13-34)43-27)44-26-24(39)22(37)20(35)16(12-33)42-26/h16-27,33-39H,1,4-14H2,2-3H3,(H,40,41)/t16?,17?,18-,19-,20?,21?,22?,23?,24?,25?,26?,27?,29+,30+,31+,32-/m0/s1. The summed E-state index contributed by atoms with van der Waals surface area (Å²) >= 11 is 0. The van der Waals surface area contributed by atoms with Gasteiger partial charge in [0.15, 0.2) is 12.6 Å². The average molecular weight is 643 g/mol. The van der Waals surface area contributed by atoms with Crippen LogP contribution in [0.1, 0.15) is 71.6 Å².